The van der Waals surface area contributed by atoms with Crippen molar-refractivity contribution < 1.29 is 17.6 Å². The molecule has 20 heavy (non-hydrogen) atoms. The summed E-state index contributed by atoms with van der Waals surface area (Å²) in [6, 6.07) is 10.4. The van der Waals surface area contributed by atoms with Crippen molar-refractivity contribution in [2.75, 3.05) is 0 Å². The molecule has 0 heterocycles. The Kier molecular flexibility index (Phi) is 4.20. The molecule has 0 aliphatic heterocycles. The first kappa shape index (κ1) is 14.7. The minimum absolute atomic E-state index is 0.0313. The van der Waals surface area contributed by atoms with Gasteiger partial charge >= 0.3 is 0 Å². The fourth-order valence-corrected chi connectivity index (χ4v) is 2.69. The van der Waals surface area contributed by atoms with Gasteiger partial charge in [0.15, 0.2) is 0 Å². The van der Waals surface area contributed by atoms with Crippen molar-refractivity contribution in [3.8, 4) is 0 Å². The van der Waals surface area contributed by atoms with Gasteiger partial charge in [-0.2, -0.15) is 0 Å². The molecule has 0 saturated carbocycles. The highest BCUT2D eigenvalue weighted by Crippen LogP contribution is 2.15. The van der Waals surface area contributed by atoms with Crippen LogP contribution >= 0.6 is 15.9 Å². The van der Waals surface area contributed by atoms with Crippen LogP contribution in [0.25, 0.3) is 0 Å². The van der Waals surface area contributed by atoms with Crippen LogP contribution in [0.2, 0.25) is 0 Å². The maximum absolute atomic E-state index is 12.7. The fraction of sp³-hybridized carbons (Fsp3) is 0. The quantitative estimate of drug-likeness (QED) is 0.918. The number of rotatable bonds is 3. The summed E-state index contributed by atoms with van der Waals surface area (Å²) in [5, 5.41) is 0. The molecular formula is C13H9BrFNO3S. The van der Waals surface area contributed by atoms with E-state index in [1.165, 1.54) is 24.3 Å². The second-order valence-electron chi connectivity index (χ2n) is 3.90. The van der Waals surface area contributed by atoms with Crippen LogP contribution < -0.4 is 4.72 Å². The van der Waals surface area contributed by atoms with Gasteiger partial charge in [0.25, 0.3) is 15.9 Å². The molecule has 0 radical (unpaired) electrons. The second kappa shape index (κ2) is 5.72. The van der Waals surface area contributed by atoms with Gasteiger partial charge < -0.3 is 0 Å². The summed E-state index contributed by atoms with van der Waals surface area (Å²) in [6.07, 6.45) is 0. The van der Waals surface area contributed by atoms with Crippen molar-refractivity contribution in [1.29, 1.82) is 0 Å². The Morgan fingerprint density at radius 2 is 1.55 bits per heavy atom. The molecule has 0 saturated heterocycles. The summed E-state index contributed by atoms with van der Waals surface area (Å²) in [5.41, 5.74) is 0.0621. The number of nitrogens with one attached hydrogen (secondary N) is 1. The van der Waals surface area contributed by atoms with Crippen molar-refractivity contribution >= 4 is 31.9 Å². The van der Waals surface area contributed by atoms with Gasteiger partial charge in [-0.1, -0.05) is 15.9 Å². The summed E-state index contributed by atoms with van der Waals surface area (Å²) in [5.74, 6) is -1.31. The number of sulfonamides is 1. The lowest BCUT2D eigenvalue weighted by atomic mass is 10.2. The molecule has 0 fully saturated rings. The average molecular weight is 358 g/mol. The van der Waals surface area contributed by atoms with Crippen LogP contribution in [0.4, 0.5) is 4.39 Å². The smallest absolute Gasteiger partial charge is 0.265 e. The molecule has 1 amide bonds. The summed E-state index contributed by atoms with van der Waals surface area (Å²) in [4.78, 5) is 11.8. The largest absolute Gasteiger partial charge is 0.268 e. The van der Waals surface area contributed by atoms with E-state index in [9.17, 15) is 17.6 Å². The Labute approximate surface area is 123 Å². The first-order valence-corrected chi connectivity index (χ1v) is 7.74. The zero-order valence-electron chi connectivity index (χ0n) is 10.0. The molecule has 0 atom stereocenters. The molecule has 2 aromatic carbocycles. The van der Waals surface area contributed by atoms with E-state index in [0.29, 0.717) is 0 Å². The van der Waals surface area contributed by atoms with Gasteiger partial charge in [-0.05, 0) is 48.5 Å². The van der Waals surface area contributed by atoms with E-state index in [2.05, 4.69) is 15.9 Å². The van der Waals surface area contributed by atoms with E-state index in [0.717, 1.165) is 16.6 Å². The predicted molar refractivity (Wildman–Crippen MR) is 75.2 cm³/mol. The molecule has 104 valence electrons. The first-order chi connectivity index (χ1) is 9.38. The Bertz CT molecular complexity index is 727. The van der Waals surface area contributed by atoms with E-state index < -0.39 is 21.7 Å². The Hall–Kier alpha value is -1.73. The predicted octanol–water partition coefficient (Wildman–Crippen LogP) is 2.71. The lowest BCUT2D eigenvalue weighted by molar-refractivity contribution is 0.0981. The number of hydrogen-bond donors (Lipinski definition) is 1. The van der Waals surface area contributed by atoms with Crippen molar-refractivity contribution in [3.63, 3.8) is 0 Å². The SMILES string of the molecule is O=C(NS(=O)(=O)c1ccc(Br)cc1)c1ccc(F)cc1. The van der Waals surface area contributed by atoms with E-state index >= 15 is 0 Å². The minimum Gasteiger partial charge on any atom is -0.268 e. The monoisotopic (exact) mass is 357 g/mol. The number of benzene rings is 2. The number of amides is 1. The van der Waals surface area contributed by atoms with Crippen molar-refractivity contribution in [1.82, 2.24) is 4.72 Å². The first-order valence-electron chi connectivity index (χ1n) is 5.47. The standard InChI is InChI=1S/C13H9BrFNO3S/c14-10-3-7-12(8-4-10)20(18,19)16-13(17)9-1-5-11(15)6-2-9/h1-8H,(H,16,17). The van der Waals surface area contributed by atoms with Gasteiger partial charge in [0.05, 0.1) is 4.90 Å². The van der Waals surface area contributed by atoms with Crippen molar-refractivity contribution in [2.45, 2.75) is 4.90 Å². The third kappa shape index (κ3) is 3.43. The second-order valence-corrected chi connectivity index (χ2v) is 6.49. The molecule has 1 N–H and O–H groups in total. The molecule has 7 heteroatoms. The van der Waals surface area contributed by atoms with E-state index in [1.807, 2.05) is 4.72 Å². The molecule has 0 bridgehead atoms. The van der Waals surface area contributed by atoms with Gasteiger partial charge in [-0.3, -0.25) is 4.79 Å². The summed E-state index contributed by atoms with van der Waals surface area (Å²) >= 11 is 3.19. The molecule has 0 aliphatic rings. The van der Waals surface area contributed by atoms with E-state index in [-0.39, 0.29) is 10.5 Å². The molecule has 2 aromatic rings. The maximum atomic E-state index is 12.7. The molecule has 0 aromatic heterocycles. The highest BCUT2D eigenvalue weighted by molar-refractivity contribution is 9.10. The zero-order chi connectivity index (χ0) is 14.8. The normalized spacial score (nSPS) is 11.1. The number of hydrogen-bond acceptors (Lipinski definition) is 3. The van der Waals surface area contributed by atoms with Gasteiger partial charge in [-0.25, -0.2) is 17.5 Å². The highest BCUT2D eigenvalue weighted by Gasteiger charge is 2.18. The topological polar surface area (TPSA) is 63.2 Å². The van der Waals surface area contributed by atoms with Gasteiger partial charge in [0, 0.05) is 10.0 Å². The highest BCUT2D eigenvalue weighted by atomic mass is 79.9. The number of carbonyl (C=O) groups is 1. The summed E-state index contributed by atoms with van der Waals surface area (Å²) in [6.45, 7) is 0. The summed E-state index contributed by atoms with van der Waals surface area (Å²) < 4.78 is 39.3. The van der Waals surface area contributed by atoms with Gasteiger partial charge in [0.2, 0.25) is 0 Å². The lowest BCUT2D eigenvalue weighted by Crippen LogP contribution is -2.30. The van der Waals surface area contributed by atoms with Gasteiger partial charge in [-0.15, -0.1) is 0 Å². The summed E-state index contributed by atoms with van der Waals surface area (Å²) in [7, 11) is -3.95. The van der Waals surface area contributed by atoms with Crippen LogP contribution in [0.1, 0.15) is 10.4 Å². The molecular weight excluding hydrogens is 349 g/mol. The third-order valence-corrected chi connectivity index (χ3v) is 4.33. The Morgan fingerprint density at radius 1 is 1.00 bits per heavy atom. The fourth-order valence-electron chi connectivity index (χ4n) is 1.45. The van der Waals surface area contributed by atoms with Crippen LogP contribution in [0.5, 0.6) is 0 Å². The number of carbonyl (C=O) groups excluding carboxylic acids is 1. The van der Waals surface area contributed by atoms with Gasteiger partial charge in [0.1, 0.15) is 5.82 Å². The van der Waals surface area contributed by atoms with E-state index in [4.69, 9.17) is 0 Å². The Morgan fingerprint density at radius 3 is 2.10 bits per heavy atom. The lowest BCUT2D eigenvalue weighted by Gasteiger charge is -2.07. The average Bonchev–Trinajstić information content (AvgIpc) is 2.39. The Balaban J connectivity index is 2.22. The van der Waals surface area contributed by atoms with E-state index in [1.54, 1.807) is 12.1 Å². The molecule has 0 unspecified atom stereocenters. The zero-order valence-corrected chi connectivity index (χ0v) is 12.4. The third-order valence-electron chi connectivity index (χ3n) is 2.46. The van der Waals surface area contributed by atoms with Crippen LogP contribution in [0.3, 0.4) is 0 Å². The van der Waals surface area contributed by atoms with Crippen LogP contribution in [0.15, 0.2) is 57.9 Å². The minimum atomic E-state index is -3.95. The molecule has 2 rings (SSSR count). The maximum Gasteiger partial charge on any atom is 0.265 e. The molecule has 0 aliphatic carbocycles. The van der Waals surface area contributed by atoms with Crippen LogP contribution in [-0.2, 0) is 10.0 Å². The molecule has 0 spiro atoms. The van der Waals surface area contributed by atoms with Crippen molar-refractivity contribution in [3.05, 3.63) is 64.4 Å². The van der Waals surface area contributed by atoms with Crippen LogP contribution in [0, 0.1) is 5.82 Å². The van der Waals surface area contributed by atoms with Crippen LogP contribution in [-0.4, -0.2) is 14.3 Å². The van der Waals surface area contributed by atoms with Crippen molar-refractivity contribution in [2.24, 2.45) is 0 Å². The number of halogens is 2. The molecule has 4 nitrogen and oxygen atoms in total.